The van der Waals surface area contributed by atoms with Gasteiger partial charge in [0.05, 0.1) is 25.4 Å². The fourth-order valence-electron chi connectivity index (χ4n) is 11.2. The number of hydrogen-bond donors (Lipinski definition) is 3. The summed E-state index contributed by atoms with van der Waals surface area (Å²) in [6.45, 7) is 4.96. The van der Waals surface area contributed by atoms with Crippen molar-refractivity contribution in [3.8, 4) is 0 Å². The van der Waals surface area contributed by atoms with Crippen molar-refractivity contribution in [1.29, 1.82) is 0 Å². The number of ether oxygens (including phenoxy) is 1. The lowest BCUT2D eigenvalue weighted by molar-refractivity contribution is -0.143. The Morgan fingerprint density at radius 3 is 0.947 bits per heavy atom. The van der Waals surface area contributed by atoms with Gasteiger partial charge in [0.1, 0.15) is 0 Å². The van der Waals surface area contributed by atoms with Crippen LogP contribution in [0.4, 0.5) is 0 Å². The van der Waals surface area contributed by atoms with E-state index >= 15 is 0 Å². The van der Waals surface area contributed by atoms with Crippen LogP contribution in [0.25, 0.3) is 0 Å². The zero-order valence-corrected chi connectivity index (χ0v) is 51.8. The van der Waals surface area contributed by atoms with E-state index in [1.165, 1.54) is 321 Å². The highest BCUT2D eigenvalue weighted by Crippen LogP contribution is 2.19. The predicted molar refractivity (Wildman–Crippen MR) is 333 cm³/mol. The normalized spacial score (nSPS) is 12.5. The summed E-state index contributed by atoms with van der Waals surface area (Å²) >= 11 is 0. The lowest BCUT2D eigenvalue weighted by atomic mass is 10.0. The third-order valence-electron chi connectivity index (χ3n) is 16.6. The number of aliphatic hydroxyl groups is 2. The van der Waals surface area contributed by atoms with Crippen molar-refractivity contribution in [2.75, 3.05) is 13.2 Å². The zero-order chi connectivity index (χ0) is 55.0. The van der Waals surface area contributed by atoms with Gasteiger partial charge < -0.3 is 20.3 Å². The number of rotatable bonds is 66. The molecule has 0 aromatic rings. The van der Waals surface area contributed by atoms with Crippen LogP contribution >= 0.6 is 0 Å². The van der Waals surface area contributed by atoms with Crippen LogP contribution in [-0.4, -0.2) is 47.4 Å². The number of nitrogens with one attached hydrogen (secondary N) is 1. The van der Waals surface area contributed by atoms with Crippen molar-refractivity contribution in [1.82, 2.24) is 5.32 Å². The Bertz CT molecular complexity index is 1140. The molecule has 0 bridgehead atoms. The molecule has 6 nitrogen and oxygen atoms in total. The molecule has 0 heterocycles. The van der Waals surface area contributed by atoms with E-state index in [1.807, 2.05) is 0 Å². The van der Waals surface area contributed by atoms with Gasteiger partial charge in [0.25, 0.3) is 0 Å². The Balaban J connectivity index is 3.28. The average molecular weight is 1070 g/mol. The van der Waals surface area contributed by atoms with E-state index in [9.17, 15) is 19.8 Å². The van der Waals surface area contributed by atoms with E-state index in [0.29, 0.717) is 25.9 Å². The molecule has 0 aliphatic carbocycles. The molecule has 452 valence electrons. The number of carbonyl (C=O) groups excluding carboxylic acids is 2. The summed E-state index contributed by atoms with van der Waals surface area (Å²) in [5.74, 6) is -0.0145. The van der Waals surface area contributed by atoms with Crippen LogP contribution in [0.3, 0.4) is 0 Å². The minimum absolute atomic E-state index is 0.0139. The second-order valence-electron chi connectivity index (χ2n) is 24.2. The van der Waals surface area contributed by atoms with Crippen LogP contribution in [0.2, 0.25) is 0 Å². The maximum absolute atomic E-state index is 12.5. The molecule has 0 saturated carbocycles. The van der Waals surface area contributed by atoms with Crippen LogP contribution in [-0.2, 0) is 14.3 Å². The molecule has 0 aliphatic rings. The molecule has 2 atom stereocenters. The first-order chi connectivity index (χ1) is 37.5. The second-order valence-corrected chi connectivity index (χ2v) is 24.2. The van der Waals surface area contributed by atoms with Crippen LogP contribution < -0.4 is 5.32 Å². The first-order valence-corrected chi connectivity index (χ1v) is 34.9. The van der Waals surface area contributed by atoms with Crippen LogP contribution in [0.5, 0.6) is 0 Å². The molecule has 0 aliphatic heterocycles. The standard InChI is InChI=1S/C70H137NO5/c1-3-5-7-9-11-13-15-39-44-48-52-56-60-64-70(75)76-65-61-57-53-49-45-41-38-36-34-32-30-28-26-24-22-20-18-16-17-19-21-23-25-27-29-31-33-35-37-40-43-47-51-55-59-63-69(74)71-67(66-72)68(73)62-58-54-50-46-42-14-12-10-8-6-4-2/h13,15,67-68,72-73H,3-12,14,16-66H2,1-2H3,(H,71,74)/b15-13-. The molecule has 1 amide bonds. The number of carbonyl (C=O) groups is 2. The lowest BCUT2D eigenvalue weighted by Gasteiger charge is -2.22. The summed E-state index contributed by atoms with van der Waals surface area (Å²) in [6, 6.07) is -0.535. The van der Waals surface area contributed by atoms with Crippen molar-refractivity contribution in [2.45, 2.75) is 411 Å². The van der Waals surface area contributed by atoms with Crippen molar-refractivity contribution in [3.63, 3.8) is 0 Å². The van der Waals surface area contributed by atoms with E-state index in [0.717, 1.165) is 44.9 Å². The predicted octanol–water partition coefficient (Wildman–Crippen LogP) is 22.4. The monoisotopic (exact) mass is 1070 g/mol. The fourth-order valence-corrected chi connectivity index (χ4v) is 11.2. The van der Waals surface area contributed by atoms with Gasteiger partial charge in [-0.2, -0.15) is 0 Å². The van der Waals surface area contributed by atoms with Crippen molar-refractivity contribution >= 4 is 11.9 Å². The summed E-state index contributed by atoms with van der Waals surface area (Å²) in [6.07, 6.45) is 81.4. The van der Waals surface area contributed by atoms with Crippen molar-refractivity contribution in [2.24, 2.45) is 0 Å². The molecular weight excluding hydrogens is 935 g/mol. The highest BCUT2D eigenvalue weighted by Gasteiger charge is 2.20. The molecule has 0 rings (SSSR count). The second kappa shape index (κ2) is 66.1. The molecule has 3 N–H and O–H groups in total. The van der Waals surface area contributed by atoms with Gasteiger partial charge in [-0.05, 0) is 51.4 Å². The van der Waals surface area contributed by atoms with Gasteiger partial charge in [-0.15, -0.1) is 0 Å². The van der Waals surface area contributed by atoms with Crippen LogP contribution in [0.1, 0.15) is 399 Å². The quantitative estimate of drug-likeness (QED) is 0.0320. The third-order valence-corrected chi connectivity index (χ3v) is 16.6. The van der Waals surface area contributed by atoms with Gasteiger partial charge in [0.15, 0.2) is 0 Å². The van der Waals surface area contributed by atoms with E-state index in [1.54, 1.807) is 0 Å². The maximum atomic E-state index is 12.5. The summed E-state index contributed by atoms with van der Waals surface area (Å²) in [4.78, 5) is 24.5. The summed E-state index contributed by atoms with van der Waals surface area (Å²) in [5.41, 5.74) is 0. The first kappa shape index (κ1) is 74.6. The lowest BCUT2D eigenvalue weighted by Crippen LogP contribution is -2.45. The number of hydrogen-bond acceptors (Lipinski definition) is 5. The minimum atomic E-state index is -0.658. The van der Waals surface area contributed by atoms with Gasteiger partial charge >= 0.3 is 5.97 Å². The first-order valence-electron chi connectivity index (χ1n) is 34.9. The molecule has 0 spiro atoms. The maximum Gasteiger partial charge on any atom is 0.305 e. The Kier molecular flexibility index (Phi) is 64.9. The molecule has 0 radical (unpaired) electrons. The summed E-state index contributed by atoms with van der Waals surface area (Å²) < 4.78 is 5.48. The molecule has 0 saturated heterocycles. The Labute approximate surface area is 476 Å². The number of unbranched alkanes of at least 4 members (excludes halogenated alkanes) is 53. The van der Waals surface area contributed by atoms with E-state index < -0.39 is 12.1 Å². The highest BCUT2D eigenvalue weighted by molar-refractivity contribution is 5.76. The topological polar surface area (TPSA) is 95.9 Å². The molecule has 76 heavy (non-hydrogen) atoms. The molecule has 0 aromatic carbocycles. The molecule has 0 fully saturated rings. The number of esters is 1. The van der Waals surface area contributed by atoms with Gasteiger partial charge in [-0.3, -0.25) is 9.59 Å². The molecule has 6 heteroatoms. The van der Waals surface area contributed by atoms with Gasteiger partial charge in [0.2, 0.25) is 5.91 Å². The van der Waals surface area contributed by atoms with E-state index in [2.05, 4.69) is 31.3 Å². The van der Waals surface area contributed by atoms with Crippen molar-refractivity contribution in [3.05, 3.63) is 12.2 Å². The van der Waals surface area contributed by atoms with Crippen LogP contribution in [0.15, 0.2) is 12.2 Å². The molecule has 0 aromatic heterocycles. The third kappa shape index (κ3) is 61.8. The van der Waals surface area contributed by atoms with E-state index in [4.69, 9.17) is 4.74 Å². The van der Waals surface area contributed by atoms with Crippen molar-refractivity contribution < 1.29 is 24.5 Å². The van der Waals surface area contributed by atoms with Crippen LogP contribution in [0, 0.1) is 0 Å². The number of allylic oxidation sites excluding steroid dienone is 2. The smallest absolute Gasteiger partial charge is 0.305 e. The Hall–Kier alpha value is -1.40. The number of amides is 1. The minimum Gasteiger partial charge on any atom is -0.466 e. The SMILES string of the molecule is CCCCCC/C=C\CCCCCCCC(=O)OCCCCCCCCCCCCCCCCCCCCCCCCCCCCCCCCCCCCCC(=O)NC(CO)C(O)CCCCCCCCCCCCC. The van der Waals surface area contributed by atoms with Gasteiger partial charge in [-0.1, -0.05) is 347 Å². The summed E-state index contributed by atoms with van der Waals surface area (Å²) in [5, 5.41) is 23.2. The van der Waals surface area contributed by atoms with Gasteiger partial charge in [0, 0.05) is 12.8 Å². The zero-order valence-electron chi connectivity index (χ0n) is 51.8. The number of aliphatic hydroxyl groups excluding tert-OH is 2. The highest BCUT2D eigenvalue weighted by atomic mass is 16.5. The van der Waals surface area contributed by atoms with E-state index in [-0.39, 0.29) is 18.5 Å². The average Bonchev–Trinajstić information content (AvgIpc) is 3.42. The summed E-state index contributed by atoms with van der Waals surface area (Å²) in [7, 11) is 0. The largest absolute Gasteiger partial charge is 0.466 e. The molecular formula is C70H137NO5. The van der Waals surface area contributed by atoms with Gasteiger partial charge in [-0.25, -0.2) is 0 Å². The Morgan fingerprint density at radius 1 is 0.355 bits per heavy atom. The fraction of sp³-hybridized carbons (Fsp3) is 0.943. The molecule has 2 unspecified atom stereocenters. The Morgan fingerprint density at radius 2 is 0.618 bits per heavy atom.